The molecule has 3 nitrogen and oxygen atoms in total. The standard InChI is InChI=1S/C12H10N2O/c1-15-10-4-5-12-11(7-10)9(8-14-12)3-2-6-13/h2-5,7-8,14H,1H3. The van der Waals surface area contributed by atoms with Gasteiger partial charge in [-0.15, -0.1) is 0 Å². The Balaban J connectivity index is 2.57. The predicted molar refractivity (Wildman–Crippen MR) is 59.5 cm³/mol. The number of aromatic amines is 1. The van der Waals surface area contributed by atoms with Crippen LogP contribution >= 0.6 is 0 Å². The summed E-state index contributed by atoms with van der Waals surface area (Å²) in [7, 11) is 1.64. The number of fused-ring (bicyclic) bond motifs is 1. The van der Waals surface area contributed by atoms with E-state index in [0.29, 0.717) is 0 Å². The second-order valence-corrected chi connectivity index (χ2v) is 3.12. The molecule has 0 aliphatic carbocycles. The van der Waals surface area contributed by atoms with Crippen LogP contribution in [0.1, 0.15) is 5.56 Å². The summed E-state index contributed by atoms with van der Waals surface area (Å²) in [5, 5.41) is 9.52. The Kier molecular flexibility index (Phi) is 2.42. The summed E-state index contributed by atoms with van der Waals surface area (Å²) in [5.74, 6) is 0.814. The van der Waals surface area contributed by atoms with Gasteiger partial charge in [0.1, 0.15) is 5.75 Å². The van der Waals surface area contributed by atoms with Crippen LogP contribution in [0.3, 0.4) is 0 Å². The third-order valence-electron chi connectivity index (χ3n) is 2.26. The fourth-order valence-electron chi connectivity index (χ4n) is 1.51. The van der Waals surface area contributed by atoms with Crippen molar-refractivity contribution in [2.45, 2.75) is 0 Å². The molecule has 3 heteroatoms. The molecule has 0 spiro atoms. The van der Waals surface area contributed by atoms with Crippen molar-refractivity contribution in [3.8, 4) is 11.8 Å². The van der Waals surface area contributed by atoms with Gasteiger partial charge in [0.05, 0.1) is 13.2 Å². The Hall–Kier alpha value is -2.21. The molecule has 1 aromatic carbocycles. The van der Waals surface area contributed by atoms with E-state index >= 15 is 0 Å². The minimum atomic E-state index is 0.814. The molecule has 0 aliphatic heterocycles. The van der Waals surface area contributed by atoms with Crippen molar-refractivity contribution in [2.24, 2.45) is 0 Å². The molecule has 15 heavy (non-hydrogen) atoms. The highest BCUT2D eigenvalue weighted by Gasteiger charge is 2.01. The highest BCUT2D eigenvalue weighted by molar-refractivity contribution is 5.90. The van der Waals surface area contributed by atoms with Crippen molar-refractivity contribution in [1.29, 1.82) is 5.26 Å². The molecule has 74 valence electrons. The van der Waals surface area contributed by atoms with Crippen LogP contribution in [0.2, 0.25) is 0 Å². The van der Waals surface area contributed by atoms with Gasteiger partial charge in [0.15, 0.2) is 0 Å². The molecular weight excluding hydrogens is 188 g/mol. The summed E-state index contributed by atoms with van der Waals surface area (Å²) >= 11 is 0. The molecule has 1 aromatic heterocycles. The van der Waals surface area contributed by atoms with Gasteiger partial charge in [-0.25, -0.2) is 0 Å². The van der Waals surface area contributed by atoms with Crippen LogP contribution in [0.25, 0.3) is 17.0 Å². The number of ether oxygens (including phenoxy) is 1. The number of aromatic nitrogens is 1. The van der Waals surface area contributed by atoms with E-state index in [1.54, 1.807) is 13.2 Å². The molecule has 1 heterocycles. The first-order valence-electron chi connectivity index (χ1n) is 4.56. The maximum Gasteiger partial charge on any atom is 0.119 e. The molecule has 0 unspecified atom stereocenters. The summed E-state index contributed by atoms with van der Waals surface area (Å²) in [6.07, 6.45) is 5.11. The lowest BCUT2D eigenvalue weighted by molar-refractivity contribution is 0.415. The average molecular weight is 198 g/mol. The number of H-pyrrole nitrogens is 1. The van der Waals surface area contributed by atoms with Crippen molar-refractivity contribution in [1.82, 2.24) is 4.98 Å². The zero-order valence-electron chi connectivity index (χ0n) is 8.32. The lowest BCUT2D eigenvalue weighted by Gasteiger charge is -1.99. The van der Waals surface area contributed by atoms with E-state index in [9.17, 15) is 0 Å². The van der Waals surface area contributed by atoms with Crippen LogP contribution in [-0.2, 0) is 0 Å². The Labute approximate surface area is 87.6 Å². The van der Waals surface area contributed by atoms with Crippen LogP contribution in [-0.4, -0.2) is 12.1 Å². The minimum absolute atomic E-state index is 0.814. The van der Waals surface area contributed by atoms with Crippen LogP contribution in [0, 0.1) is 11.3 Å². The zero-order valence-corrected chi connectivity index (χ0v) is 8.32. The Morgan fingerprint density at radius 2 is 2.33 bits per heavy atom. The third kappa shape index (κ3) is 1.70. The molecule has 2 aromatic rings. The number of hydrogen-bond acceptors (Lipinski definition) is 2. The molecule has 2 rings (SSSR count). The fraction of sp³-hybridized carbons (Fsp3) is 0.0833. The number of hydrogen-bond donors (Lipinski definition) is 1. The minimum Gasteiger partial charge on any atom is -0.497 e. The molecule has 0 saturated heterocycles. The number of benzene rings is 1. The highest BCUT2D eigenvalue weighted by atomic mass is 16.5. The number of nitriles is 1. The summed E-state index contributed by atoms with van der Waals surface area (Å²) in [5.41, 5.74) is 2.03. The van der Waals surface area contributed by atoms with Crippen LogP contribution in [0.4, 0.5) is 0 Å². The van der Waals surface area contributed by atoms with Gasteiger partial charge in [-0.1, -0.05) is 0 Å². The van der Waals surface area contributed by atoms with Crippen molar-refractivity contribution in [3.63, 3.8) is 0 Å². The van der Waals surface area contributed by atoms with E-state index in [1.807, 2.05) is 30.5 Å². The van der Waals surface area contributed by atoms with E-state index in [2.05, 4.69) is 4.98 Å². The normalized spacial score (nSPS) is 10.7. The largest absolute Gasteiger partial charge is 0.497 e. The number of rotatable bonds is 2. The van der Waals surface area contributed by atoms with E-state index in [4.69, 9.17) is 10.00 Å². The average Bonchev–Trinajstić information content (AvgIpc) is 2.68. The summed E-state index contributed by atoms with van der Waals surface area (Å²) in [6.45, 7) is 0. The maximum absolute atomic E-state index is 8.47. The van der Waals surface area contributed by atoms with Gasteiger partial charge in [0, 0.05) is 28.7 Å². The first kappa shape index (κ1) is 9.35. The van der Waals surface area contributed by atoms with E-state index in [0.717, 1.165) is 22.2 Å². The first-order chi connectivity index (χ1) is 7.35. The highest BCUT2D eigenvalue weighted by Crippen LogP contribution is 2.24. The van der Waals surface area contributed by atoms with Crippen LogP contribution < -0.4 is 4.74 Å². The Bertz CT molecular complexity index is 546. The zero-order chi connectivity index (χ0) is 10.7. The molecule has 0 amide bonds. The number of allylic oxidation sites excluding steroid dienone is 1. The lowest BCUT2D eigenvalue weighted by Crippen LogP contribution is -1.81. The monoisotopic (exact) mass is 198 g/mol. The van der Waals surface area contributed by atoms with Crippen LogP contribution in [0.15, 0.2) is 30.5 Å². The van der Waals surface area contributed by atoms with Crippen molar-refractivity contribution in [3.05, 3.63) is 36.0 Å². The SMILES string of the molecule is COc1ccc2[nH]cc(C=CC#N)c2c1. The van der Waals surface area contributed by atoms with E-state index in [-0.39, 0.29) is 0 Å². The molecule has 0 radical (unpaired) electrons. The lowest BCUT2D eigenvalue weighted by atomic mass is 10.1. The molecule has 0 aliphatic rings. The van der Waals surface area contributed by atoms with Gasteiger partial charge in [0.2, 0.25) is 0 Å². The summed E-state index contributed by atoms with van der Waals surface area (Å²) < 4.78 is 5.15. The van der Waals surface area contributed by atoms with Crippen LogP contribution in [0.5, 0.6) is 5.75 Å². The van der Waals surface area contributed by atoms with Gasteiger partial charge < -0.3 is 9.72 Å². The van der Waals surface area contributed by atoms with Gasteiger partial charge in [-0.3, -0.25) is 0 Å². The molecular formula is C12H10N2O. The second-order valence-electron chi connectivity index (χ2n) is 3.12. The summed E-state index contributed by atoms with van der Waals surface area (Å²) in [6, 6.07) is 7.78. The van der Waals surface area contributed by atoms with Crippen molar-refractivity contribution < 1.29 is 4.74 Å². The van der Waals surface area contributed by atoms with Gasteiger partial charge in [0.25, 0.3) is 0 Å². The molecule has 0 atom stereocenters. The number of methoxy groups -OCH3 is 1. The van der Waals surface area contributed by atoms with E-state index in [1.165, 1.54) is 6.08 Å². The fourth-order valence-corrected chi connectivity index (χ4v) is 1.51. The van der Waals surface area contributed by atoms with Gasteiger partial charge in [-0.2, -0.15) is 5.26 Å². The smallest absolute Gasteiger partial charge is 0.119 e. The van der Waals surface area contributed by atoms with E-state index < -0.39 is 0 Å². The molecule has 0 saturated carbocycles. The Morgan fingerprint density at radius 3 is 3.07 bits per heavy atom. The quantitative estimate of drug-likeness (QED) is 0.754. The number of nitrogens with zero attached hydrogens (tertiary/aromatic N) is 1. The second kappa shape index (κ2) is 3.89. The molecule has 0 fully saturated rings. The Morgan fingerprint density at radius 1 is 1.47 bits per heavy atom. The summed E-state index contributed by atoms with van der Waals surface area (Å²) in [4.78, 5) is 3.13. The molecule has 0 bridgehead atoms. The first-order valence-corrected chi connectivity index (χ1v) is 4.56. The maximum atomic E-state index is 8.47. The third-order valence-corrected chi connectivity index (χ3v) is 2.26. The number of nitrogens with one attached hydrogen (secondary N) is 1. The van der Waals surface area contributed by atoms with Gasteiger partial charge >= 0.3 is 0 Å². The predicted octanol–water partition coefficient (Wildman–Crippen LogP) is 2.71. The topological polar surface area (TPSA) is 48.8 Å². The van der Waals surface area contributed by atoms with Gasteiger partial charge in [-0.05, 0) is 24.3 Å². The molecule has 1 N–H and O–H groups in total. The van der Waals surface area contributed by atoms with Crippen molar-refractivity contribution >= 4 is 17.0 Å². The van der Waals surface area contributed by atoms with Crippen molar-refractivity contribution in [2.75, 3.05) is 7.11 Å².